The monoisotopic (exact) mass is 484 g/mol. The maximum Gasteiger partial charge on any atom is 0.191 e. The summed E-state index contributed by atoms with van der Waals surface area (Å²) in [6.45, 7) is 9.98. The molecule has 2 N–H and O–H groups in total. The Bertz CT molecular complexity index is 698. The Morgan fingerprint density at radius 1 is 1.19 bits per heavy atom. The number of aromatic nitrogens is 3. The van der Waals surface area contributed by atoms with Crippen molar-refractivity contribution in [1.29, 1.82) is 0 Å². The first-order chi connectivity index (χ1) is 12.5. The molecule has 2 atom stereocenters. The van der Waals surface area contributed by atoms with Crippen molar-refractivity contribution in [2.45, 2.75) is 59.0 Å². The largest absolute Gasteiger partial charge is 0.356 e. The van der Waals surface area contributed by atoms with Crippen molar-refractivity contribution in [1.82, 2.24) is 25.4 Å². The van der Waals surface area contributed by atoms with E-state index in [0.717, 1.165) is 37.0 Å². The summed E-state index contributed by atoms with van der Waals surface area (Å²) >= 11 is 0. The molecule has 0 spiro atoms. The third-order valence-corrected chi connectivity index (χ3v) is 4.82. The van der Waals surface area contributed by atoms with Crippen LogP contribution >= 0.6 is 24.0 Å². The van der Waals surface area contributed by atoms with Gasteiger partial charge in [-0.15, -0.1) is 34.2 Å². The van der Waals surface area contributed by atoms with Gasteiger partial charge in [-0.3, -0.25) is 0 Å². The van der Waals surface area contributed by atoms with Crippen LogP contribution in [0.3, 0.4) is 0 Å². The van der Waals surface area contributed by atoms with Crippen LogP contribution in [0.25, 0.3) is 0 Å². The SMILES string of the molecule is CCCCNC(=NCc1nnc(C)n1C)NC(C)C(C)c1ccccc1.I. The van der Waals surface area contributed by atoms with Crippen LogP contribution in [0.2, 0.25) is 0 Å². The van der Waals surface area contributed by atoms with Gasteiger partial charge in [0.2, 0.25) is 0 Å². The van der Waals surface area contributed by atoms with E-state index in [2.05, 4.69) is 71.9 Å². The highest BCUT2D eigenvalue weighted by Gasteiger charge is 2.15. The van der Waals surface area contributed by atoms with Crippen LogP contribution in [0.4, 0.5) is 0 Å². The standard InChI is InChI=1S/C20H32N6.HI/c1-6-7-13-21-20(22-14-19-25-24-17(4)26(19)5)23-16(3)15(2)18-11-9-8-10-12-18;/h8-12,15-16H,6-7,13-14H2,1-5H3,(H2,21,22,23);1H. The second-order valence-electron chi connectivity index (χ2n) is 6.80. The second kappa shape index (κ2) is 11.9. The van der Waals surface area contributed by atoms with Gasteiger partial charge in [0.25, 0.3) is 0 Å². The predicted octanol–water partition coefficient (Wildman–Crippen LogP) is 3.77. The van der Waals surface area contributed by atoms with Crippen LogP contribution in [0.15, 0.2) is 35.3 Å². The van der Waals surface area contributed by atoms with E-state index in [0.29, 0.717) is 12.5 Å². The number of rotatable bonds is 8. The van der Waals surface area contributed by atoms with Crippen molar-refractivity contribution in [2.24, 2.45) is 12.0 Å². The van der Waals surface area contributed by atoms with E-state index >= 15 is 0 Å². The minimum Gasteiger partial charge on any atom is -0.356 e. The lowest BCUT2D eigenvalue weighted by molar-refractivity contribution is 0.547. The quantitative estimate of drug-likeness (QED) is 0.259. The molecule has 27 heavy (non-hydrogen) atoms. The molecule has 0 aliphatic carbocycles. The number of hydrogen-bond acceptors (Lipinski definition) is 3. The summed E-state index contributed by atoms with van der Waals surface area (Å²) in [5.41, 5.74) is 1.32. The van der Waals surface area contributed by atoms with Gasteiger partial charge in [-0.1, -0.05) is 50.6 Å². The smallest absolute Gasteiger partial charge is 0.191 e. The lowest BCUT2D eigenvalue weighted by Crippen LogP contribution is -2.44. The summed E-state index contributed by atoms with van der Waals surface area (Å²) in [5, 5.41) is 15.3. The molecule has 7 heteroatoms. The lowest BCUT2D eigenvalue weighted by atomic mass is 9.94. The molecule has 150 valence electrons. The molecule has 6 nitrogen and oxygen atoms in total. The Morgan fingerprint density at radius 2 is 1.89 bits per heavy atom. The molecular weight excluding hydrogens is 451 g/mol. The molecule has 2 aromatic rings. The molecule has 0 amide bonds. The number of unbranched alkanes of at least 4 members (excludes halogenated alkanes) is 1. The molecule has 1 heterocycles. The summed E-state index contributed by atoms with van der Waals surface area (Å²) in [5.74, 6) is 2.97. The molecule has 1 aromatic carbocycles. The van der Waals surface area contributed by atoms with E-state index in [-0.39, 0.29) is 30.0 Å². The van der Waals surface area contributed by atoms with Crippen molar-refractivity contribution in [3.63, 3.8) is 0 Å². The fraction of sp³-hybridized carbons (Fsp3) is 0.550. The number of aryl methyl sites for hydroxylation is 1. The predicted molar refractivity (Wildman–Crippen MR) is 123 cm³/mol. The Balaban J connectivity index is 0.00000364. The highest BCUT2D eigenvalue weighted by atomic mass is 127. The Hall–Kier alpha value is -1.64. The molecule has 0 aliphatic heterocycles. The van der Waals surface area contributed by atoms with Crippen molar-refractivity contribution in [2.75, 3.05) is 6.54 Å². The van der Waals surface area contributed by atoms with Crippen molar-refractivity contribution in [3.8, 4) is 0 Å². The minimum atomic E-state index is 0. The van der Waals surface area contributed by atoms with Crippen LogP contribution in [0.1, 0.15) is 56.7 Å². The van der Waals surface area contributed by atoms with Gasteiger partial charge in [0.15, 0.2) is 11.8 Å². The summed E-state index contributed by atoms with van der Waals surface area (Å²) in [6.07, 6.45) is 2.27. The molecule has 0 bridgehead atoms. The third-order valence-electron chi connectivity index (χ3n) is 4.82. The van der Waals surface area contributed by atoms with Crippen LogP contribution in [-0.2, 0) is 13.6 Å². The number of nitrogens with zero attached hydrogens (tertiary/aromatic N) is 4. The molecule has 0 saturated carbocycles. The van der Waals surface area contributed by atoms with E-state index in [9.17, 15) is 0 Å². The lowest BCUT2D eigenvalue weighted by Gasteiger charge is -2.24. The van der Waals surface area contributed by atoms with Gasteiger partial charge >= 0.3 is 0 Å². The molecule has 0 saturated heterocycles. The molecule has 2 rings (SSSR count). The molecule has 0 aliphatic rings. The Kier molecular flexibility index (Phi) is 10.4. The first-order valence-electron chi connectivity index (χ1n) is 9.47. The number of guanidine groups is 1. The number of benzene rings is 1. The number of aliphatic imine (C=N–C) groups is 1. The van der Waals surface area contributed by atoms with Crippen LogP contribution in [0, 0.1) is 6.92 Å². The number of nitrogens with one attached hydrogen (secondary N) is 2. The normalized spacial score (nSPS) is 13.6. The van der Waals surface area contributed by atoms with Crippen LogP contribution in [-0.4, -0.2) is 33.3 Å². The molecular formula is C20H33IN6. The average molecular weight is 484 g/mol. The van der Waals surface area contributed by atoms with E-state index in [1.165, 1.54) is 5.56 Å². The van der Waals surface area contributed by atoms with Gasteiger partial charge in [0, 0.05) is 25.6 Å². The van der Waals surface area contributed by atoms with E-state index < -0.39 is 0 Å². The van der Waals surface area contributed by atoms with E-state index in [4.69, 9.17) is 4.99 Å². The van der Waals surface area contributed by atoms with E-state index in [1.54, 1.807) is 0 Å². The number of hydrogen-bond donors (Lipinski definition) is 2. The first kappa shape index (κ1) is 23.4. The van der Waals surface area contributed by atoms with Crippen LogP contribution < -0.4 is 10.6 Å². The molecule has 2 unspecified atom stereocenters. The maximum atomic E-state index is 4.73. The van der Waals surface area contributed by atoms with Crippen molar-refractivity contribution in [3.05, 3.63) is 47.5 Å². The van der Waals surface area contributed by atoms with E-state index in [1.807, 2.05) is 18.5 Å². The van der Waals surface area contributed by atoms with Crippen LogP contribution in [0.5, 0.6) is 0 Å². The van der Waals surface area contributed by atoms with Gasteiger partial charge in [0.1, 0.15) is 12.4 Å². The second-order valence-corrected chi connectivity index (χ2v) is 6.80. The molecule has 0 radical (unpaired) electrons. The van der Waals surface area contributed by atoms with Gasteiger partial charge < -0.3 is 15.2 Å². The molecule has 1 aromatic heterocycles. The van der Waals surface area contributed by atoms with Gasteiger partial charge in [-0.05, 0) is 25.8 Å². The minimum absolute atomic E-state index is 0. The summed E-state index contributed by atoms with van der Waals surface area (Å²) < 4.78 is 1.98. The molecule has 0 fully saturated rings. The van der Waals surface area contributed by atoms with Gasteiger partial charge in [-0.2, -0.15) is 0 Å². The first-order valence-corrected chi connectivity index (χ1v) is 9.47. The van der Waals surface area contributed by atoms with Gasteiger partial charge in [-0.25, -0.2) is 4.99 Å². The van der Waals surface area contributed by atoms with Crippen molar-refractivity contribution >= 4 is 29.9 Å². The third kappa shape index (κ3) is 7.12. The highest BCUT2D eigenvalue weighted by molar-refractivity contribution is 14.0. The number of halogens is 1. The fourth-order valence-corrected chi connectivity index (χ4v) is 2.66. The average Bonchev–Trinajstić information content (AvgIpc) is 2.98. The topological polar surface area (TPSA) is 67.1 Å². The zero-order valence-corrected chi connectivity index (χ0v) is 19.4. The Morgan fingerprint density at radius 3 is 2.48 bits per heavy atom. The highest BCUT2D eigenvalue weighted by Crippen LogP contribution is 2.18. The zero-order valence-electron chi connectivity index (χ0n) is 17.1. The Labute approximate surface area is 180 Å². The van der Waals surface area contributed by atoms with Gasteiger partial charge in [0.05, 0.1) is 0 Å². The maximum absolute atomic E-state index is 4.73. The summed E-state index contributed by atoms with van der Waals surface area (Å²) in [7, 11) is 1.97. The summed E-state index contributed by atoms with van der Waals surface area (Å²) in [4.78, 5) is 4.73. The zero-order chi connectivity index (χ0) is 18.9. The summed E-state index contributed by atoms with van der Waals surface area (Å²) in [6, 6.07) is 10.8. The fourth-order valence-electron chi connectivity index (χ4n) is 2.66. The van der Waals surface area contributed by atoms with Crippen molar-refractivity contribution < 1.29 is 0 Å².